The predicted octanol–water partition coefficient (Wildman–Crippen LogP) is 2.25. The standard InChI is InChI=1S/C17H20BrCl2N3O5/c1-6(2)12(21)16(26)27-5-11-13(24)14(25)15(28-11)23-10-4-8(20)7(19)3-9(10)22-17(23)18/h3-4,6,11-15,24-25H,5,21H2,1-2H3/t11-,12-,13-,14-,15?/m1/s1. The number of ether oxygens (including phenoxy) is 2. The van der Waals surface area contributed by atoms with Gasteiger partial charge in [0.2, 0.25) is 0 Å². The highest BCUT2D eigenvalue weighted by Gasteiger charge is 2.45. The summed E-state index contributed by atoms with van der Waals surface area (Å²) in [6.45, 7) is 3.35. The molecule has 3 rings (SSSR count). The molecule has 0 saturated carbocycles. The van der Waals surface area contributed by atoms with Crippen molar-refractivity contribution in [3.05, 3.63) is 26.9 Å². The Morgan fingerprint density at radius 2 is 2.00 bits per heavy atom. The number of esters is 1. The fourth-order valence-electron chi connectivity index (χ4n) is 2.92. The normalized spacial score (nSPS) is 26.2. The van der Waals surface area contributed by atoms with Crippen molar-refractivity contribution >= 4 is 56.1 Å². The van der Waals surface area contributed by atoms with E-state index in [-0.39, 0.29) is 12.5 Å². The minimum atomic E-state index is -1.29. The van der Waals surface area contributed by atoms with Crippen LogP contribution in [0.4, 0.5) is 0 Å². The first-order valence-electron chi connectivity index (χ1n) is 8.58. The summed E-state index contributed by atoms with van der Waals surface area (Å²) in [6, 6.07) is 2.40. The number of imidazole rings is 1. The van der Waals surface area contributed by atoms with Crippen LogP contribution in [0, 0.1) is 5.92 Å². The highest BCUT2D eigenvalue weighted by Crippen LogP contribution is 2.37. The van der Waals surface area contributed by atoms with E-state index >= 15 is 0 Å². The summed E-state index contributed by atoms with van der Waals surface area (Å²) in [5.41, 5.74) is 6.84. The van der Waals surface area contributed by atoms with E-state index in [4.69, 9.17) is 38.4 Å². The van der Waals surface area contributed by atoms with Gasteiger partial charge in [-0.3, -0.25) is 9.36 Å². The predicted molar refractivity (Wildman–Crippen MR) is 107 cm³/mol. The van der Waals surface area contributed by atoms with Crippen molar-refractivity contribution in [1.82, 2.24) is 9.55 Å². The third-order valence-electron chi connectivity index (χ3n) is 4.66. The summed E-state index contributed by atoms with van der Waals surface area (Å²) in [6.07, 6.45) is -4.48. The molecule has 1 aliphatic rings. The molecule has 1 fully saturated rings. The number of hydrogen-bond acceptors (Lipinski definition) is 7. The molecule has 4 N–H and O–H groups in total. The molecule has 2 aromatic rings. The van der Waals surface area contributed by atoms with E-state index in [2.05, 4.69) is 20.9 Å². The van der Waals surface area contributed by atoms with Crippen LogP contribution in [0.3, 0.4) is 0 Å². The third-order valence-corrected chi connectivity index (χ3v) is 5.94. The Balaban J connectivity index is 1.81. The number of aromatic nitrogens is 2. The first-order chi connectivity index (χ1) is 13.1. The van der Waals surface area contributed by atoms with Gasteiger partial charge in [0.25, 0.3) is 0 Å². The van der Waals surface area contributed by atoms with Crippen LogP contribution in [-0.4, -0.2) is 56.7 Å². The average Bonchev–Trinajstić information content (AvgIpc) is 3.09. The lowest BCUT2D eigenvalue weighted by molar-refractivity contribution is -0.152. The van der Waals surface area contributed by atoms with Crippen LogP contribution in [0.1, 0.15) is 20.1 Å². The van der Waals surface area contributed by atoms with Gasteiger partial charge in [-0.25, -0.2) is 4.98 Å². The fraction of sp³-hybridized carbons (Fsp3) is 0.529. The molecule has 11 heteroatoms. The van der Waals surface area contributed by atoms with Crippen LogP contribution in [0.5, 0.6) is 0 Å². The number of hydrogen-bond donors (Lipinski definition) is 3. The molecule has 28 heavy (non-hydrogen) atoms. The number of rotatable bonds is 5. The van der Waals surface area contributed by atoms with E-state index < -0.39 is 36.6 Å². The lowest BCUT2D eigenvalue weighted by Gasteiger charge is -2.19. The Bertz CT molecular complexity index is 893. The Hall–Kier alpha value is -0.940. The lowest BCUT2D eigenvalue weighted by atomic mass is 10.1. The number of aliphatic hydroxyl groups is 2. The van der Waals surface area contributed by atoms with Gasteiger partial charge in [-0.1, -0.05) is 37.0 Å². The molecule has 0 amide bonds. The number of halogens is 3. The number of aliphatic hydroxyl groups excluding tert-OH is 2. The van der Waals surface area contributed by atoms with Crippen molar-refractivity contribution in [3.63, 3.8) is 0 Å². The van der Waals surface area contributed by atoms with Crippen molar-refractivity contribution < 1.29 is 24.5 Å². The van der Waals surface area contributed by atoms with E-state index in [0.29, 0.717) is 25.8 Å². The number of carbonyl (C=O) groups is 1. The highest BCUT2D eigenvalue weighted by molar-refractivity contribution is 9.10. The van der Waals surface area contributed by atoms with Crippen molar-refractivity contribution in [2.24, 2.45) is 11.7 Å². The summed E-state index contributed by atoms with van der Waals surface area (Å²) in [5, 5.41) is 21.5. The summed E-state index contributed by atoms with van der Waals surface area (Å²) in [5.74, 6) is -0.690. The molecule has 0 aliphatic carbocycles. The molecule has 0 bridgehead atoms. The monoisotopic (exact) mass is 495 g/mol. The Labute approximate surface area is 179 Å². The molecule has 154 valence electrons. The molecule has 0 radical (unpaired) electrons. The second-order valence-electron chi connectivity index (χ2n) is 6.95. The maximum absolute atomic E-state index is 11.9. The molecule has 8 nitrogen and oxygen atoms in total. The van der Waals surface area contributed by atoms with Crippen LogP contribution in [-0.2, 0) is 14.3 Å². The molecule has 2 heterocycles. The summed E-state index contributed by atoms with van der Waals surface area (Å²) < 4.78 is 12.8. The summed E-state index contributed by atoms with van der Waals surface area (Å²) >= 11 is 15.4. The minimum absolute atomic E-state index is 0.0925. The maximum atomic E-state index is 11.9. The molecular weight excluding hydrogens is 477 g/mol. The zero-order chi connectivity index (χ0) is 20.7. The van der Waals surface area contributed by atoms with Gasteiger partial charge in [0.1, 0.15) is 31.0 Å². The molecule has 5 atom stereocenters. The molecule has 1 aromatic heterocycles. The Kier molecular flexibility index (Phi) is 6.55. The van der Waals surface area contributed by atoms with Crippen LogP contribution >= 0.6 is 39.1 Å². The smallest absolute Gasteiger partial charge is 0.323 e. The van der Waals surface area contributed by atoms with Crippen molar-refractivity contribution in [2.45, 2.75) is 44.4 Å². The van der Waals surface area contributed by atoms with E-state index in [9.17, 15) is 15.0 Å². The first-order valence-corrected chi connectivity index (χ1v) is 10.1. The van der Waals surface area contributed by atoms with Crippen LogP contribution in [0.25, 0.3) is 11.0 Å². The van der Waals surface area contributed by atoms with E-state index in [1.54, 1.807) is 30.5 Å². The maximum Gasteiger partial charge on any atom is 0.323 e. The van der Waals surface area contributed by atoms with Gasteiger partial charge in [-0.15, -0.1) is 0 Å². The molecule has 1 unspecified atom stereocenters. The van der Waals surface area contributed by atoms with E-state index in [1.165, 1.54) is 0 Å². The number of nitrogens with two attached hydrogens (primary N) is 1. The largest absolute Gasteiger partial charge is 0.462 e. The van der Waals surface area contributed by atoms with E-state index in [0.717, 1.165) is 0 Å². The fourth-order valence-corrected chi connectivity index (χ4v) is 3.82. The second kappa shape index (κ2) is 8.43. The number of benzene rings is 1. The van der Waals surface area contributed by atoms with Crippen LogP contribution < -0.4 is 5.73 Å². The second-order valence-corrected chi connectivity index (χ2v) is 8.48. The Morgan fingerprint density at radius 1 is 1.36 bits per heavy atom. The zero-order valence-electron chi connectivity index (χ0n) is 15.1. The summed E-state index contributed by atoms with van der Waals surface area (Å²) in [7, 11) is 0. The van der Waals surface area contributed by atoms with Gasteiger partial charge in [0.05, 0.1) is 21.1 Å². The van der Waals surface area contributed by atoms with Gasteiger partial charge in [0, 0.05) is 0 Å². The first kappa shape index (κ1) is 21.8. The number of fused-ring (bicyclic) bond motifs is 1. The van der Waals surface area contributed by atoms with Gasteiger partial charge in [-0.2, -0.15) is 0 Å². The van der Waals surface area contributed by atoms with Gasteiger partial charge in [-0.05, 0) is 34.0 Å². The molecule has 1 aromatic carbocycles. The number of nitrogens with zero attached hydrogens (tertiary/aromatic N) is 2. The minimum Gasteiger partial charge on any atom is -0.462 e. The Morgan fingerprint density at radius 3 is 2.64 bits per heavy atom. The molecule has 1 aliphatic heterocycles. The van der Waals surface area contributed by atoms with Crippen molar-refractivity contribution in [3.8, 4) is 0 Å². The van der Waals surface area contributed by atoms with Gasteiger partial charge in [0.15, 0.2) is 11.0 Å². The van der Waals surface area contributed by atoms with Crippen LogP contribution in [0.15, 0.2) is 16.9 Å². The quantitative estimate of drug-likeness (QED) is 0.543. The van der Waals surface area contributed by atoms with Gasteiger partial charge >= 0.3 is 5.97 Å². The lowest BCUT2D eigenvalue weighted by Crippen LogP contribution is -2.40. The highest BCUT2D eigenvalue weighted by atomic mass is 79.9. The molecular formula is C17H20BrCl2N3O5. The number of carbonyl (C=O) groups excluding carboxylic acids is 1. The SMILES string of the molecule is CC(C)[C@@H](N)C(=O)OC[C@H]1OC(n2c(Br)nc3cc(Cl)c(Cl)cc32)[C@H](O)[C@@H]1O. The summed E-state index contributed by atoms with van der Waals surface area (Å²) in [4.78, 5) is 16.3. The molecule has 0 spiro atoms. The third kappa shape index (κ3) is 4.02. The topological polar surface area (TPSA) is 120 Å². The van der Waals surface area contributed by atoms with Crippen molar-refractivity contribution in [1.29, 1.82) is 0 Å². The van der Waals surface area contributed by atoms with E-state index in [1.807, 2.05) is 0 Å². The van der Waals surface area contributed by atoms with Crippen LogP contribution in [0.2, 0.25) is 10.0 Å². The van der Waals surface area contributed by atoms with Gasteiger partial charge < -0.3 is 25.4 Å². The zero-order valence-corrected chi connectivity index (χ0v) is 18.1. The van der Waals surface area contributed by atoms with Crippen molar-refractivity contribution in [2.75, 3.05) is 6.61 Å². The molecule has 1 saturated heterocycles. The average molecular weight is 497 g/mol.